The number of aryl methyl sites for hydroxylation is 1. The second-order valence-corrected chi connectivity index (χ2v) is 7.99. The Kier molecular flexibility index (Phi) is 3.68. The summed E-state index contributed by atoms with van der Waals surface area (Å²) in [5, 5.41) is 9.90. The SMILES string of the molecule is Cc1cc(Br)c(N)cc1S(=O)(=O)N1CCC(C)(O)C1. The van der Waals surface area contributed by atoms with Crippen LogP contribution in [0.15, 0.2) is 21.5 Å². The highest BCUT2D eigenvalue weighted by Gasteiger charge is 2.39. The summed E-state index contributed by atoms with van der Waals surface area (Å²) in [6.07, 6.45) is 0.442. The van der Waals surface area contributed by atoms with E-state index in [0.29, 0.717) is 28.7 Å². The molecule has 0 spiro atoms. The van der Waals surface area contributed by atoms with Crippen molar-refractivity contribution in [1.82, 2.24) is 4.31 Å². The molecule has 1 aliphatic heterocycles. The molecule has 2 rings (SSSR count). The summed E-state index contributed by atoms with van der Waals surface area (Å²) in [5.74, 6) is 0. The molecule has 19 heavy (non-hydrogen) atoms. The first-order chi connectivity index (χ1) is 8.63. The molecule has 7 heteroatoms. The molecular weight excluding hydrogens is 332 g/mol. The van der Waals surface area contributed by atoms with E-state index in [1.54, 1.807) is 19.9 Å². The largest absolute Gasteiger partial charge is 0.398 e. The van der Waals surface area contributed by atoms with Crippen LogP contribution in [0, 0.1) is 6.92 Å². The number of rotatable bonds is 2. The molecular formula is C12H17BrN2O3S. The Labute approximate surface area is 121 Å². The summed E-state index contributed by atoms with van der Waals surface area (Å²) < 4.78 is 27.1. The van der Waals surface area contributed by atoms with Crippen molar-refractivity contribution in [2.24, 2.45) is 0 Å². The zero-order valence-electron chi connectivity index (χ0n) is 10.9. The van der Waals surface area contributed by atoms with Crippen molar-refractivity contribution in [3.8, 4) is 0 Å². The summed E-state index contributed by atoms with van der Waals surface area (Å²) in [7, 11) is -3.61. The molecule has 0 amide bonds. The lowest BCUT2D eigenvalue weighted by molar-refractivity contribution is 0.0762. The van der Waals surface area contributed by atoms with Gasteiger partial charge in [0.1, 0.15) is 0 Å². The van der Waals surface area contributed by atoms with Crippen LogP contribution in [0.4, 0.5) is 5.69 Å². The van der Waals surface area contributed by atoms with Crippen molar-refractivity contribution in [3.05, 3.63) is 22.2 Å². The average molecular weight is 349 g/mol. The van der Waals surface area contributed by atoms with E-state index in [0.717, 1.165) is 0 Å². The van der Waals surface area contributed by atoms with Gasteiger partial charge in [-0.3, -0.25) is 0 Å². The number of hydrogen-bond acceptors (Lipinski definition) is 4. The molecule has 0 aromatic heterocycles. The molecule has 1 unspecified atom stereocenters. The van der Waals surface area contributed by atoms with Gasteiger partial charge in [-0.25, -0.2) is 8.42 Å². The molecule has 1 saturated heterocycles. The van der Waals surface area contributed by atoms with E-state index in [9.17, 15) is 13.5 Å². The normalized spacial score (nSPS) is 24.8. The van der Waals surface area contributed by atoms with Gasteiger partial charge in [0.2, 0.25) is 10.0 Å². The molecule has 5 nitrogen and oxygen atoms in total. The maximum absolute atomic E-state index is 12.6. The average Bonchev–Trinajstić information content (AvgIpc) is 2.64. The van der Waals surface area contributed by atoms with E-state index in [1.165, 1.54) is 10.4 Å². The van der Waals surface area contributed by atoms with Gasteiger partial charge in [0.15, 0.2) is 0 Å². The molecule has 3 N–H and O–H groups in total. The third-order valence-electron chi connectivity index (χ3n) is 3.33. The van der Waals surface area contributed by atoms with Crippen LogP contribution in [0.2, 0.25) is 0 Å². The van der Waals surface area contributed by atoms with E-state index in [-0.39, 0.29) is 11.4 Å². The summed E-state index contributed by atoms with van der Waals surface area (Å²) >= 11 is 3.28. The Balaban J connectivity index is 2.44. The maximum atomic E-state index is 12.6. The number of nitrogens with two attached hydrogens (primary N) is 1. The number of sulfonamides is 1. The highest BCUT2D eigenvalue weighted by Crippen LogP contribution is 2.31. The lowest BCUT2D eigenvalue weighted by Crippen LogP contribution is -2.34. The van der Waals surface area contributed by atoms with Crippen LogP contribution >= 0.6 is 15.9 Å². The number of nitrogens with zero attached hydrogens (tertiary/aromatic N) is 1. The minimum absolute atomic E-state index is 0.116. The standard InChI is InChI=1S/C12H17BrN2O3S/c1-8-5-9(13)10(14)6-11(8)19(17,18)15-4-3-12(2,16)7-15/h5-6,16H,3-4,7,14H2,1-2H3. The van der Waals surface area contributed by atoms with Gasteiger partial charge < -0.3 is 10.8 Å². The Hall–Kier alpha value is -0.630. The Morgan fingerprint density at radius 2 is 2.11 bits per heavy atom. The molecule has 1 aliphatic rings. The van der Waals surface area contributed by atoms with Gasteiger partial charge in [0.05, 0.1) is 10.5 Å². The fourth-order valence-corrected chi connectivity index (χ4v) is 4.45. The minimum atomic E-state index is -3.61. The zero-order valence-corrected chi connectivity index (χ0v) is 13.3. The van der Waals surface area contributed by atoms with Crippen LogP contribution in [0.5, 0.6) is 0 Å². The molecule has 1 aromatic rings. The summed E-state index contributed by atoms with van der Waals surface area (Å²) in [6.45, 7) is 3.81. The van der Waals surface area contributed by atoms with Crippen LogP contribution in [0.3, 0.4) is 0 Å². The topological polar surface area (TPSA) is 83.6 Å². The monoisotopic (exact) mass is 348 g/mol. The number of hydrogen-bond donors (Lipinski definition) is 2. The second-order valence-electron chi connectivity index (χ2n) is 5.22. The maximum Gasteiger partial charge on any atom is 0.243 e. The molecule has 0 bridgehead atoms. The third-order valence-corrected chi connectivity index (χ3v) is 6.00. The molecule has 1 heterocycles. The molecule has 1 fully saturated rings. The Bertz CT molecular complexity index is 614. The van der Waals surface area contributed by atoms with Gasteiger partial charge >= 0.3 is 0 Å². The highest BCUT2D eigenvalue weighted by atomic mass is 79.9. The van der Waals surface area contributed by atoms with Crippen LogP contribution < -0.4 is 5.73 Å². The summed E-state index contributed by atoms with van der Waals surface area (Å²) in [4.78, 5) is 0.200. The highest BCUT2D eigenvalue weighted by molar-refractivity contribution is 9.10. The van der Waals surface area contributed by atoms with Gasteiger partial charge in [-0.15, -0.1) is 0 Å². The predicted molar refractivity (Wildman–Crippen MR) is 77.3 cm³/mol. The van der Waals surface area contributed by atoms with Crippen molar-refractivity contribution in [3.63, 3.8) is 0 Å². The molecule has 0 radical (unpaired) electrons. The van der Waals surface area contributed by atoms with Gasteiger partial charge in [-0.1, -0.05) is 0 Å². The van der Waals surface area contributed by atoms with Gasteiger partial charge in [0.25, 0.3) is 0 Å². The van der Waals surface area contributed by atoms with Crippen LogP contribution in [-0.2, 0) is 10.0 Å². The first-order valence-corrected chi connectivity index (χ1v) is 8.15. The molecule has 106 valence electrons. The second kappa shape index (κ2) is 4.73. The van der Waals surface area contributed by atoms with Crippen LogP contribution in [-0.4, -0.2) is 36.5 Å². The molecule has 0 saturated carbocycles. The minimum Gasteiger partial charge on any atom is -0.398 e. The van der Waals surface area contributed by atoms with Gasteiger partial charge in [-0.05, 0) is 53.9 Å². The Morgan fingerprint density at radius 1 is 1.47 bits per heavy atom. The van der Waals surface area contributed by atoms with Crippen molar-refractivity contribution >= 4 is 31.6 Å². The number of anilines is 1. The number of β-amino-alcohol motifs (C(OH)–C–C–N with tert-alkyl or cyclic N) is 1. The molecule has 1 atom stereocenters. The van der Waals surface area contributed by atoms with Crippen molar-refractivity contribution in [1.29, 1.82) is 0 Å². The van der Waals surface area contributed by atoms with E-state index in [1.807, 2.05) is 0 Å². The fraction of sp³-hybridized carbons (Fsp3) is 0.500. The first kappa shape index (κ1) is 14.8. The summed E-state index contributed by atoms with van der Waals surface area (Å²) in [5.41, 5.74) is 5.82. The van der Waals surface area contributed by atoms with E-state index < -0.39 is 15.6 Å². The molecule has 0 aliphatic carbocycles. The van der Waals surface area contributed by atoms with E-state index >= 15 is 0 Å². The van der Waals surface area contributed by atoms with Gasteiger partial charge in [-0.2, -0.15) is 4.31 Å². The smallest absolute Gasteiger partial charge is 0.243 e. The number of nitrogen functional groups attached to an aromatic ring is 1. The Morgan fingerprint density at radius 3 is 2.63 bits per heavy atom. The third kappa shape index (κ3) is 2.79. The van der Waals surface area contributed by atoms with Crippen molar-refractivity contribution < 1.29 is 13.5 Å². The van der Waals surface area contributed by atoms with E-state index in [2.05, 4.69) is 15.9 Å². The lowest BCUT2D eigenvalue weighted by atomic mass is 10.1. The van der Waals surface area contributed by atoms with Crippen molar-refractivity contribution in [2.45, 2.75) is 30.8 Å². The van der Waals surface area contributed by atoms with Gasteiger partial charge in [0, 0.05) is 23.2 Å². The van der Waals surface area contributed by atoms with Crippen LogP contribution in [0.25, 0.3) is 0 Å². The lowest BCUT2D eigenvalue weighted by Gasteiger charge is -2.20. The number of halogens is 1. The quantitative estimate of drug-likeness (QED) is 0.793. The fourth-order valence-electron chi connectivity index (χ4n) is 2.19. The number of benzene rings is 1. The van der Waals surface area contributed by atoms with E-state index in [4.69, 9.17) is 5.73 Å². The van der Waals surface area contributed by atoms with Crippen molar-refractivity contribution in [2.75, 3.05) is 18.8 Å². The summed E-state index contributed by atoms with van der Waals surface area (Å²) in [6, 6.07) is 3.15. The predicted octanol–water partition coefficient (Wildman–Crippen LogP) is 1.49. The van der Waals surface area contributed by atoms with Crippen LogP contribution in [0.1, 0.15) is 18.9 Å². The zero-order chi connectivity index (χ0) is 14.4. The first-order valence-electron chi connectivity index (χ1n) is 5.92. The molecule has 1 aromatic carbocycles. The number of aliphatic hydroxyl groups is 1.